The molecule has 0 saturated heterocycles. The van der Waals surface area contributed by atoms with Crippen LogP contribution in [-0.4, -0.2) is 18.7 Å². The number of carbonyl (C=O) groups is 1. The van der Waals surface area contributed by atoms with Gasteiger partial charge in [0.25, 0.3) is 15.9 Å². The lowest BCUT2D eigenvalue weighted by Crippen LogP contribution is -2.42. The molecule has 21 heavy (non-hydrogen) atoms. The van der Waals surface area contributed by atoms with Crippen LogP contribution < -0.4 is 5.84 Å². The fraction of sp³-hybridized carbons (Fsp3) is 0.267. The van der Waals surface area contributed by atoms with E-state index in [1.807, 2.05) is 25.1 Å². The van der Waals surface area contributed by atoms with Crippen LogP contribution in [0.3, 0.4) is 0 Å². The Morgan fingerprint density at radius 2 is 1.81 bits per heavy atom. The average molecular weight is 306 g/mol. The topological polar surface area (TPSA) is 80.5 Å². The van der Waals surface area contributed by atoms with Crippen LogP contribution in [0.2, 0.25) is 0 Å². The first kappa shape index (κ1) is 15.5. The zero-order chi connectivity index (χ0) is 15.5. The predicted molar refractivity (Wildman–Crippen MR) is 81.7 cm³/mol. The molecule has 0 heterocycles. The minimum Gasteiger partial charge on any atom is -0.272 e. The molecule has 2 N–H and O–H groups in total. The number of hydrazine groups is 1. The Balaban J connectivity index is 2.45. The van der Waals surface area contributed by atoms with Gasteiger partial charge in [0.05, 0.1) is 4.90 Å². The number of nitrogens with two attached hydrogens (primary N) is 1. The molecule has 2 aromatic rings. The highest BCUT2D eigenvalue weighted by Gasteiger charge is 2.27. The van der Waals surface area contributed by atoms with Gasteiger partial charge < -0.3 is 0 Å². The summed E-state index contributed by atoms with van der Waals surface area (Å²) in [5, 5.41) is 1.34. The summed E-state index contributed by atoms with van der Waals surface area (Å²) in [6, 6.07) is 12.0. The number of nitrogens with zero attached hydrogens (tertiary/aromatic N) is 1. The Morgan fingerprint density at radius 3 is 2.52 bits per heavy atom. The monoisotopic (exact) mass is 306 g/mol. The molecule has 2 rings (SSSR count). The van der Waals surface area contributed by atoms with Crippen LogP contribution in [0.25, 0.3) is 10.8 Å². The van der Waals surface area contributed by atoms with Crippen LogP contribution >= 0.6 is 0 Å². The molecule has 0 aliphatic rings. The third kappa shape index (κ3) is 3.06. The lowest BCUT2D eigenvalue weighted by atomic mass is 10.1. The van der Waals surface area contributed by atoms with Crippen LogP contribution in [0.15, 0.2) is 47.4 Å². The number of hydrogen-bond donors (Lipinski definition) is 1. The standard InChI is InChI=1S/C15H18N2O3S/c1-2-3-11-15(18)17(16)21(19,20)14-10-6-8-12-7-4-5-9-13(12)14/h4-10H,2-3,11,16H2,1H3. The van der Waals surface area contributed by atoms with Crippen molar-refractivity contribution in [3.05, 3.63) is 42.5 Å². The number of unbranched alkanes of at least 4 members (excludes halogenated alkanes) is 1. The van der Waals surface area contributed by atoms with Crippen LogP contribution in [0.5, 0.6) is 0 Å². The Kier molecular flexibility index (Phi) is 4.59. The Bertz CT molecular complexity index is 751. The minimum atomic E-state index is -4.03. The van der Waals surface area contributed by atoms with Gasteiger partial charge in [-0.3, -0.25) is 4.79 Å². The molecule has 2 aromatic carbocycles. The number of carbonyl (C=O) groups excluding carboxylic acids is 1. The van der Waals surface area contributed by atoms with E-state index in [-0.39, 0.29) is 11.3 Å². The Labute approximate surface area is 124 Å². The minimum absolute atomic E-state index is 0.0490. The number of rotatable bonds is 5. The molecule has 0 unspecified atom stereocenters. The summed E-state index contributed by atoms with van der Waals surface area (Å²) >= 11 is 0. The van der Waals surface area contributed by atoms with E-state index in [2.05, 4.69) is 0 Å². The third-order valence-electron chi connectivity index (χ3n) is 3.28. The van der Waals surface area contributed by atoms with Crippen LogP contribution in [0, 0.1) is 0 Å². The first-order valence-corrected chi connectivity index (χ1v) is 8.23. The largest absolute Gasteiger partial charge is 0.280 e. The summed E-state index contributed by atoms with van der Waals surface area (Å²) in [5.41, 5.74) is 0. The predicted octanol–water partition coefficient (Wildman–Crippen LogP) is 2.42. The first-order valence-electron chi connectivity index (χ1n) is 6.79. The number of benzene rings is 2. The zero-order valence-electron chi connectivity index (χ0n) is 11.8. The van der Waals surface area contributed by atoms with E-state index in [9.17, 15) is 13.2 Å². The van der Waals surface area contributed by atoms with Gasteiger partial charge in [-0.05, 0) is 17.9 Å². The van der Waals surface area contributed by atoms with Gasteiger partial charge >= 0.3 is 0 Å². The van der Waals surface area contributed by atoms with E-state index in [0.717, 1.165) is 11.8 Å². The van der Waals surface area contributed by atoms with Gasteiger partial charge in [-0.25, -0.2) is 5.84 Å². The number of amides is 1. The van der Waals surface area contributed by atoms with Crippen molar-refractivity contribution >= 4 is 26.7 Å². The summed E-state index contributed by atoms with van der Waals surface area (Å²) in [7, 11) is -4.03. The number of sulfonamides is 1. The van der Waals surface area contributed by atoms with Gasteiger partial charge in [0, 0.05) is 11.8 Å². The highest BCUT2D eigenvalue weighted by atomic mass is 32.2. The maximum atomic E-state index is 12.5. The summed E-state index contributed by atoms with van der Waals surface area (Å²) < 4.78 is 25.4. The quantitative estimate of drug-likeness (QED) is 0.522. The molecule has 0 saturated carbocycles. The summed E-state index contributed by atoms with van der Waals surface area (Å²) in [6.07, 6.45) is 1.53. The van der Waals surface area contributed by atoms with Crippen LogP contribution in [-0.2, 0) is 14.8 Å². The second-order valence-corrected chi connectivity index (χ2v) is 6.56. The highest BCUT2D eigenvalue weighted by Crippen LogP contribution is 2.24. The van der Waals surface area contributed by atoms with Crippen molar-refractivity contribution in [1.82, 2.24) is 4.41 Å². The SMILES string of the molecule is CCCCC(=O)N(N)S(=O)(=O)c1cccc2ccccc12. The molecule has 0 fully saturated rings. The van der Waals surface area contributed by atoms with Crippen LogP contribution in [0.1, 0.15) is 26.2 Å². The second-order valence-electron chi connectivity index (χ2n) is 4.78. The summed E-state index contributed by atoms with van der Waals surface area (Å²) in [5.74, 6) is 4.96. The highest BCUT2D eigenvalue weighted by molar-refractivity contribution is 7.89. The molecule has 1 amide bonds. The van der Waals surface area contributed by atoms with E-state index >= 15 is 0 Å². The van der Waals surface area contributed by atoms with Crippen LogP contribution in [0.4, 0.5) is 0 Å². The Hall–Kier alpha value is -1.92. The summed E-state index contributed by atoms with van der Waals surface area (Å²) in [6.45, 7) is 1.92. The molecular formula is C15H18N2O3S. The molecule has 0 atom stereocenters. The van der Waals surface area contributed by atoms with Gasteiger partial charge in [-0.2, -0.15) is 12.8 Å². The number of hydrogen-bond acceptors (Lipinski definition) is 4. The molecule has 0 aliphatic heterocycles. The van der Waals surface area contributed by atoms with Crippen molar-refractivity contribution in [3.63, 3.8) is 0 Å². The van der Waals surface area contributed by atoms with Crippen molar-refractivity contribution in [2.24, 2.45) is 5.84 Å². The molecule has 112 valence electrons. The zero-order valence-corrected chi connectivity index (χ0v) is 12.6. The molecule has 0 spiro atoms. The fourth-order valence-corrected chi connectivity index (χ4v) is 3.38. The van der Waals surface area contributed by atoms with Crippen molar-refractivity contribution in [1.29, 1.82) is 0 Å². The van der Waals surface area contributed by atoms with E-state index < -0.39 is 15.9 Å². The molecule has 0 aliphatic carbocycles. The first-order chi connectivity index (χ1) is 9.98. The van der Waals surface area contributed by atoms with Gasteiger partial charge in [0.15, 0.2) is 0 Å². The lowest BCUT2D eigenvalue weighted by Gasteiger charge is -2.18. The Morgan fingerprint density at radius 1 is 1.14 bits per heavy atom. The smallest absolute Gasteiger partial charge is 0.272 e. The average Bonchev–Trinajstić information content (AvgIpc) is 2.51. The summed E-state index contributed by atoms with van der Waals surface area (Å²) in [4.78, 5) is 11.9. The van der Waals surface area contributed by atoms with Gasteiger partial charge in [0.1, 0.15) is 0 Å². The molecule has 6 heteroatoms. The third-order valence-corrected chi connectivity index (χ3v) is 4.91. The van der Waals surface area contributed by atoms with E-state index in [4.69, 9.17) is 5.84 Å². The van der Waals surface area contributed by atoms with E-state index in [1.165, 1.54) is 6.07 Å². The van der Waals surface area contributed by atoms with Crippen molar-refractivity contribution in [2.45, 2.75) is 31.1 Å². The van der Waals surface area contributed by atoms with Gasteiger partial charge in [0.2, 0.25) is 0 Å². The molecule has 5 nitrogen and oxygen atoms in total. The second kappa shape index (κ2) is 6.24. The van der Waals surface area contributed by atoms with E-state index in [0.29, 0.717) is 16.2 Å². The van der Waals surface area contributed by atoms with Gasteiger partial charge in [-0.15, -0.1) is 0 Å². The van der Waals surface area contributed by atoms with Crippen molar-refractivity contribution in [3.8, 4) is 0 Å². The maximum Gasteiger partial charge on any atom is 0.280 e. The van der Waals surface area contributed by atoms with Crippen molar-refractivity contribution in [2.75, 3.05) is 0 Å². The number of fused-ring (bicyclic) bond motifs is 1. The molecular weight excluding hydrogens is 288 g/mol. The van der Waals surface area contributed by atoms with E-state index in [1.54, 1.807) is 18.2 Å². The van der Waals surface area contributed by atoms with Crippen molar-refractivity contribution < 1.29 is 13.2 Å². The van der Waals surface area contributed by atoms with Gasteiger partial charge in [-0.1, -0.05) is 49.7 Å². The normalized spacial score (nSPS) is 11.5. The molecule has 0 bridgehead atoms. The fourth-order valence-electron chi connectivity index (χ4n) is 2.10. The maximum absolute atomic E-state index is 12.5. The molecule has 0 radical (unpaired) electrons. The lowest BCUT2D eigenvalue weighted by molar-refractivity contribution is -0.126. The molecule has 0 aromatic heterocycles.